The number of halogens is 11. The van der Waals surface area contributed by atoms with Crippen LogP contribution >= 0.6 is 67.8 Å². The van der Waals surface area contributed by atoms with Crippen molar-refractivity contribution in [1.29, 1.82) is 0 Å². The van der Waals surface area contributed by atoms with Crippen LogP contribution in [0.2, 0.25) is 0 Å². The smallest absolute Gasteiger partial charge is 0.291 e. The molecule has 9 rings (SSSR count). The fourth-order valence-electron chi connectivity index (χ4n) is 8.13. The number of aromatic nitrogens is 3. The van der Waals surface area contributed by atoms with Crippen LogP contribution in [0.3, 0.4) is 0 Å². The molecular formula is C60H46F8I3N9O9. The summed E-state index contributed by atoms with van der Waals surface area (Å²) < 4.78 is 135. The van der Waals surface area contributed by atoms with Gasteiger partial charge in [-0.2, -0.15) is 8.78 Å². The highest BCUT2D eigenvalue weighted by molar-refractivity contribution is 14.1. The molecule has 9 aromatic rings. The van der Waals surface area contributed by atoms with E-state index in [1.807, 2.05) is 67.8 Å². The molecule has 0 atom stereocenters. The Balaban J connectivity index is 0.000000190. The van der Waals surface area contributed by atoms with Crippen LogP contribution in [0.5, 0.6) is 34.5 Å². The predicted molar refractivity (Wildman–Crippen MR) is 341 cm³/mol. The number of nitrogens with zero attached hydrogens (tertiary/aromatic N) is 3. The van der Waals surface area contributed by atoms with Crippen molar-refractivity contribution >= 4 is 120 Å². The van der Waals surface area contributed by atoms with Gasteiger partial charge in [-0.05, 0) is 180 Å². The summed E-state index contributed by atoms with van der Waals surface area (Å²) in [5.41, 5.74) is 12.5. The average molecular weight is 1570 g/mol. The predicted octanol–water partition coefficient (Wildman–Crippen LogP) is 12.9. The molecule has 0 saturated carbocycles. The van der Waals surface area contributed by atoms with Crippen LogP contribution in [-0.2, 0) is 21.1 Å². The third kappa shape index (κ3) is 15.1. The van der Waals surface area contributed by atoms with E-state index in [-0.39, 0.29) is 79.8 Å². The van der Waals surface area contributed by atoms with Crippen LogP contribution < -0.4 is 64.0 Å². The van der Waals surface area contributed by atoms with E-state index >= 15 is 0 Å². The monoisotopic (exact) mass is 1570 g/mol. The Labute approximate surface area is 540 Å². The molecule has 0 saturated heterocycles. The number of carbonyl (C=O) groups excluding carboxylic acids is 3. The number of carbonyl (C=O) groups is 3. The summed E-state index contributed by atoms with van der Waals surface area (Å²) >= 11 is 5.78. The first-order valence-electron chi connectivity index (χ1n) is 25.4. The zero-order chi connectivity index (χ0) is 65.6. The Hall–Kier alpha value is -8.99. The van der Waals surface area contributed by atoms with Crippen molar-refractivity contribution in [2.75, 3.05) is 16.0 Å². The summed E-state index contributed by atoms with van der Waals surface area (Å²) in [5, 5.41) is 7.94. The summed E-state index contributed by atoms with van der Waals surface area (Å²) in [4.78, 5) is 73.8. The van der Waals surface area contributed by atoms with Gasteiger partial charge in [0.25, 0.3) is 34.4 Å². The number of benzene rings is 6. The highest BCUT2D eigenvalue weighted by Crippen LogP contribution is 2.38. The zero-order valence-corrected chi connectivity index (χ0v) is 53.3. The molecule has 18 nitrogen and oxygen atoms in total. The molecule has 29 heteroatoms. The second-order valence-corrected chi connectivity index (χ2v) is 22.6. The maximum absolute atomic E-state index is 14.8. The van der Waals surface area contributed by atoms with E-state index in [0.717, 1.165) is 19.8 Å². The Morgan fingerprint density at radius 1 is 0.404 bits per heavy atom. The number of ether oxygens (including phenoxy) is 3. The molecule has 0 aliphatic carbocycles. The summed E-state index contributed by atoms with van der Waals surface area (Å²) in [5.74, 6) is -12.1. The van der Waals surface area contributed by atoms with Gasteiger partial charge in [0.15, 0.2) is 11.5 Å². The van der Waals surface area contributed by atoms with Gasteiger partial charge in [-0.25, -0.2) is 26.3 Å². The van der Waals surface area contributed by atoms with Crippen LogP contribution in [0.25, 0.3) is 0 Å². The number of hydrogen-bond acceptors (Lipinski definition) is 12. The number of nitrogens with two attached hydrogens (primary N) is 3. The van der Waals surface area contributed by atoms with E-state index < -0.39 is 104 Å². The number of rotatable bonds is 15. The Bertz CT molecular complexity index is 4340. The maximum Gasteiger partial charge on any atom is 0.291 e. The van der Waals surface area contributed by atoms with Crippen LogP contribution in [-0.4, -0.2) is 31.4 Å². The molecule has 3 aromatic heterocycles. The zero-order valence-electron chi connectivity index (χ0n) is 46.9. The molecule has 89 heavy (non-hydrogen) atoms. The molecule has 3 heterocycles. The van der Waals surface area contributed by atoms with Gasteiger partial charge in [0, 0.05) is 54.6 Å². The SMILES string of the molecule is Cc1c(F)cccc1Oc1c(C(N)=O)c(Nc2ccc(I)cc2F)n(C)c(=O)c1F.Cc1c(F)cccc1Oc1c(C(N)=O)c(Nc2ccc(I)cc2F)n(C)c(=O)c1F.Cc1c(F)cccc1Oc1cc(=O)n(C)c(Nc2ccc(I)cc2F)c1C(N)=O. The van der Waals surface area contributed by atoms with E-state index in [0.29, 0.717) is 10.7 Å². The Morgan fingerprint density at radius 2 is 0.708 bits per heavy atom. The highest BCUT2D eigenvalue weighted by atomic mass is 127. The van der Waals surface area contributed by atoms with E-state index in [4.69, 9.17) is 31.4 Å². The molecule has 0 unspecified atom stereocenters. The normalized spacial score (nSPS) is 10.7. The molecule has 0 bridgehead atoms. The molecular weight excluding hydrogens is 1520 g/mol. The van der Waals surface area contributed by atoms with Crippen molar-refractivity contribution in [3.8, 4) is 34.5 Å². The Kier molecular flexibility index (Phi) is 21.6. The molecule has 0 fully saturated rings. The van der Waals surface area contributed by atoms with Gasteiger partial charge in [-0.3, -0.25) is 42.5 Å². The lowest BCUT2D eigenvalue weighted by molar-refractivity contribution is 0.0988. The number of pyridine rings is 3. The lowest BCUT2D eigenvalue weighted by Gasteiger charge is -2.19. The van der Waals surface area contributed by atoms with Crippen molar-refractivity contribution in [2.45, 2.75) is 20.8 Å². The molecule has 6 aromatic carbocycles. The molecule has 3 amide bonds. The second kappa shape index (κ2) is 28.4. The number of primary amides is 3. The van der Waals surface area contributed by atoms with Crippen molar-refractivity contribution in [2.24, 2.45) is 38.3 Å². The van der Waals surface area contributed by atoms with E-state index in [2.05, 4.69) is 16.0 Å². The van der Waals surface area contributed by atoms with E-state index in [1.54, 1.807) is 18.2 Å². The summed E-state index contributed by atoms with van der Waals surface area (Å²) in [6.07, 6.45) is 0. The third-order valence-electron chi connectivity index (χ3n) is 13.0. The van der Waals surface area contributed by atoms with E-state index in [9.17, 15) is 63.9 Å². The quantitative estimate of drug-likeness (QED) is 0.0414. The summed E-state index contributed by atoms with van der Waals surface area (Å²) in [7, 11) is 3.77. The number of nitrogens with one attached hydrogen (secondary N) is 3. The van der Waals surface area contributed by atoms with Crippen molar-refractivity contribution < 1.29 is 63.7 Å². The first kappa shape index (κ1) is 67.5. The second-order valence-electron chi connectivity index (χ2n) is 18.8. The lowest BCUT2D eigenvalue weighted by Crippen LogP contribution is -2.28. The van der Waals surface area contributed by atoms with Gasteiger partial charge >= 0.3 is 0 Å². The first-order valence-corrected chi connectivity index (χ1v) is 28.6. The van der Waals surface area contributed by atoms with Gasteiger partial charge in [0.1, 0.15) is 92.0 Å². The van der Waals surface area contributed by atoms with Crippen LogP contribution in [0.1, 0.15) is 47.8 Å². The average Bonchev–Trinajstić information content (AvgIpc) is 0.832. The largest absolute Gasteiger partial charge is 0.456 e. The van der Waals surface area contributed by atoms with E-state index in [1.165, 1.54) is 133 Å². The molecule has 0 aliphatic heterocycles. The molecule has 0 aliphatic rings. The summed E-state index contributed by atoms with van der Waals surface area (Å²) in [6.45, 7) is 4.26. The van der Waals surface area contributed by atoms with Crippen LogP contribution in [0.4, 0.5) is 69.6 Å². The number of amides is 3. The summed E-state index contributed by atoms with van der Waals surface area (Å²) in [6, 6.07) is 25.7. The standard InChI is InChI=1S/2C20H15F3IN3O3.C20H16F2IN3O3/c2*1-9-11(21)4-3-5-14(9)30-17-15(18(25)28)19(27(2)20(29)16(17)23)26-13-7-6-10(24)8-12(13)22;1-10-12(21)4-3-5-15(10)29-16-9-17(27)26(2)20(18(16)19(24)28)25-14-7-6-11(23)8-13(14)22/h2*3-8,26H,1-2H3,(H2,25,28);3-9,25H,1-2H3,(H2,24,28). The molecule has 9 N–H and O–H groups in total. The van der Waals surface area contributed by atoms with Gasteiger partial charge in [-0.15, -0.1) is 0 Å². The minimum Gasteiger partial charge on any atom is -0.456 e. The minimum atomic E-state index is -1.40. The maximum atomic E-state index is 14.8. The molecule has 0 radical (unpaired) electrons. The Morgan fingerprint density at radius 3 is 1.01 bits per heavy atom. The minimum absolute atomic E-state index is 0.0335. The fraction of sp³-hybridized carbons (Fsp3) is 0.100. The van der Waals surface area contributed by atoms with Gasteiger partial charge in [-0.1, -0.05) is 18.2 Å². The fourth-order valence-corrected chi connectivity index (χ4v) is 9.49. The first-order chi connectivity index (χ1) is 41.9. The lowest BCUT2D eigenvalue weighted by atomic mass is 10.1. The highest BCUT2D eigenvalue weighted by Gasteiger charge is 2.30. The molecule has 0 spiro atoms. The van der Waals surface area contributed by atoms with Gasteiger partial charge < -0.3 is 47.4 Å². The van der Waals surface area contributed by atoms with Crippen molar-refractivity contribution in [3.05, 3.63) is 237 Å². The third-order valence-corrected chi connectivity index (χ3v) is 15.0. The van der Waals surface area contributed by atoms with Crippen molar-refractivity contribution in [1.82, 2.24) is 13.7 Å². The van der Waals surface area contributed by atoms with Gasteiger partial charge in [0.2, 0.25) is 11.6 Å². The van der Waals surface area contributed by atoms with Gasteiger partial charge in [0.05, 0.1) is 17.1 Å². The van der Waals surface area contributed by atoms with Crippen LogP contribution in [0.15, 0.2) is 130 Å². The number of hydrogen-bond donors (Lipinski definition) is 6. The van der Waals surface area contributed by atoms with Crippen molar-refractivity contribution in [3.63, 3.8) is 0 Å². The van der Waals surface area contributed by atoms with Crippen LogP contribution in [0, 0.1) is 78.0 Å². The molecule has 462 valence electrons. The number of anilines is 6. The topological polar surface area (TPSA) is 259 Å².